The van der Waals surface area contributed by atoms with Crippen LogP contribution in [-0.4, -0.2) is 81.0 Å². The highest BCUT2D eigenvalue weighted by atomic mass is 32.2. The lowest BCUT2D eigenvalue weighted by molar-refractivity contribution is 0.200. The Morgan fingerprint density at radius 1 is 1.21 bits per heavy atom. The van der Waals surface area contributed by atoms with Gasteiger partial charge in [0.1, 0.15) is 0 Å². The number of nitrogens with one attached hydrogen (secondary N) is 1. The van der Waals surface area contributed by atoms with Gasteiger partial charge >= 0.3 is 0 Å². The minimum Gasteiger partial charge on any atom is -0.356 e. The maximum absolute atomic E-state index is 12.2. The number of nitrogens with zero attached hydrogens (tertiary/aromatic N) is 3. The van der Waals surface area contributed by atoms with Crippen LogP contribution >= 0.6 is 0 Å². The van der Waals surface area contributed by atoms with E-state index in [1.54, 1.807) is 20.9 Å². The molecule has 7 heteroatoms. The molecule has 0 amide bonds. The summed E-state index contributed by atoms with van der Waals surface area (Å²) in [7, 11) is -1.25. The fourth-order valence-electron chi connectivity index (χ4n) is 3.57. The van der Waals surface area contributed by atoms with Gasteiger partial charge in [0.25, 0.3) is 0 Å². The van der Waals surface area contributed by atoms with Crippen LogP contribution < -0.4 is 5.32 Å². The predicted molar refractivity (Wildman–Crippen MR) is 100 cm³/mol. The minimum absolute atomic E-state index is 0.198. The lowest BCUT2D eigenvalue weighted by Gasteiger charge is -2.39. The molecule has 1 unspecified atom stereocenters. The maximum Gasteiger partial charge on any atom is 0.193 e. The molecule has 2 saturated heterocycles. The van der Waals surface area contributed by atoms with E-state index in [0.717, 1.165) is 19.0 Å². The number of likely N-dealkylation sites (tertiary alicyclic amines) is 1. The fraction of sp³-hybridized carbons (Fsp3) is 0.941. The summed E-state index contributed by atoms with van der Waals surface area (Å²) in [6.45, 7) is 11.3. The number of guanidine groups is 1. The first-order valence-electron chi connectivity index (χ1n) is 9.15. The Morgan fingerprint density at radius 3 is 2.46 bits per heavy atom. The Morgan fingerprint density at radius 2 is 1.88 bits per heavy atom. The number of piperidine rings is 1. The zero-order valence-corrected chi connectivity index (χ0v) is 16.5. The summed E-state index contributed by atoms with van der Waals surface area (Å²) in [5.74, 6) is 1.56. The van der Waals surface area contributed by atoms with E-state index in [2.05, 4.69) is 27.0 Å². The average molecular weight is 359 g/mol. The number of sulfone groups is 1. The summed E-state index contributed by atoms with van der Waals surface area (Å²) in [5.41, 5.74) is 0. The van der Waals surface area contributed by atoms with Gasteiger partial charge in [-0.3, -0.25) is 4.99 Å². The van der Waals surface area contributed by atoms with E-state index in [0.29, 0.717) is 19.0 Å². The Labute approximate surface area is 147 Å². The molecule has 0 aliphatic carbocycles. The summed E-state index contributed by atoms with van der Waals surface area (Å²) >= 11 is 0. The largest absolute Gasteiger partial charge is 0.356 e. The lowest BCUT2D eigenvalue weighted by atomic mass is 10.1. The number of hydrogen-bond donors (Lipinski definition) is 1. The van der Waals surface area contributed by atoms with Crippen LogP contribution in [0.25, 0.3) is 0 Å². The van der Waals surface area contributed by atoms with Crippen molar-refractivity contribution in [2.45, 2.75) is 44.8 Å². The summed E-state index contributed by atoms with van der Waals surface area (Å²) in [6, 6.07) is 0. The Kier molecular flexibility index (Phi) is 6.53. The fourth-order valence-corrected chi connectivity index (χ4v) is 4.94. The topological polar surface area (TPSA) is 65.0 Å². The molecule has 2 aliphatic rings. The Hall–Kier alpha value is -0.820. The van der Waals surface area contributed by atoms with Gasteiger partial charge in [-0.25, -0.2) is 8.42 Å². The van der Waals surface area contributed by atoms with Crippen LogP contribution in [0.5, 0.6) is 0 Å². The average Bonchev–Trinajstić information content (AvgIpc) is 2.52. The van der Waals surface area contributed by atoms with Crippen LogP contribution in [0.2, 0.25) is 0 Å². The summed E-state index contributed by atoms with van der Waals surface area (Å²) in [4.78, 5) is 9.00. The molecule has 0 aromatic heterocycles. The molecule has 6 nitrogen and oxygen atoms in total. The maximum atomic E-state index is 12.2. The van der Waals surface area contributed by atoms with Crippen molar-refractivity contribution in [2.24, 2.45) is 10.9 Å². The molecule has 24 heavy (non-hydrogen) atoms. The van der Waals surface area contributed by atoms with E-state index >= 15 is 0 Å². The van der Waals surface area contributed by atoms with Crippen molar-refractivity contribution in [3.63, 3.8) is 0 Å². The van der Waals surface area contributed by atoms with Crippen molar-refractivity contribution >= 4 is 15.8 Å². The molecule has 1 N–H and O–H groups in total. The Balaban J connectivity index is 1.84. The molecular weight excluding hydrogens is 324 g/mol. The van der Waals surface area contributed by atoms with E-state index in [-0.39, 0.29) is 5.75 Å². The van der Waals surface area contributed by atoms with Crippen molar-refractivity contribution in [3.8, 4) is 0 Å². The number of hydrogen-bond acceptors (Lipinski definition) is 4. The molecule has 0 aromatic carbocycles. The highest BCUT2D eigenvalue weighted by molar-refractivity contribution is 7.92. The SMILES string of the molecule is CN=C(NCC(C)CN1CCCCC1)N1CCS(=O)(=O)C(C)(C)C1. The van der Waals surface area contributed by atoms with Crippen molar-refractivity contribution in [2.75, 3.05) is 52.1 Å². The first kappa shape index (κ1) is 19.5. The van der Waals surface area contributed by atoms with Crippen molar-refractivity contribution in [1.82, 2.24) is 15.1 Å². The third kappa shape index (κ3) is 4.85. The van der Waals surface area contributed by atoms with Gasteiger partial charge in [-0.15, -0.1) is 0 Å². The molecule has 2 rings (SSSR count). The van der Waals surface area contributed by atoms with Crippen molar-refractivity contribution < 1.29 is 8.42 Å². The number of rotatable bonds is 4. The molecule has 0 saturated carbocycles. The van der Waals surface area contributed by atoms with E-state index in [4.69, 9.17) is 0 Å². The third-order valence-electron chi connectivity index (χ3n) is 5.18. The second-order valence-electron chi connectivity index (χ2n) is 7.89. The highest BCUT2D eigenvalue weighted by Gasteiger charge is 2.40. The first-order valence-corrected chi connectivity index (χ1v) is 10.8. The second-order valence-corrected chi connectivity index (χ2v) is 10.6. The molecule has 1 atom stereocenters. The molecule has 2 aliphatic heterocycles. The van der Waals surface area contributed by atoms with Gasteiger partial charge in [0.15, 0.2) is 15.8 Å². The molecule has 0 bridgehead atoms. The van der Waals surface area contributed by atoms with E-state index < -0.39 is 14.6 Å². The minimum atomic E-state index is -3.02. The lowest BCUT2D eigenvalue weighted by Crippen LogP contribution is -2.57. The van der Waals surface area contributed by atoms with Crippen molar-refractivity contribution in [1.29, 1.82) is 0 Å². The Bertz CT molecular complexity index is 539. The van der Waals surface area contributed by atoms with Gasteiger partial charge in [0.05, 0.1) is 10.5 Å². The van der Waals surface area contributed by atoms with E-state index in [1.165, 1.54) is 32.4 Å². The third-order valence-corrected chi connectivity index (χ3v) is 7.71. The molecule has 0 spiro atoms. The smallest absolute Gasteiger partial charge is 0.193 e. The van der Waals surface area contributed by atoms with Crippen LogP contribution in [0.4, 0.5) is 0 Å². The zero-order valence-electron chi connectivity index (χ0n) is 15.7. The van der Waals surface area contributed by atoms with Gasteiger partial charge in [-0.2, -0.15) is 0 Å². The summed E-state index contributed by atoms with van der Waals surface area (Å²) < 4.78 is 23.6. The first-order chi connectivity index (χ1) is 11.2. The predicted octanol–water partition coefficient (Wildman–Crippen LogP) is 1.19. The highest BCUT2D eigenvalue weighted by Crippen LogP contribution is 2.23. The van der Waals surface area contributed by atoms with Crippen LogP contribution in [0.1, 0.15) is 40.0 Å². The second kappa shape index (κ2) is 8.04. The monoisotopic (exact) mass is 358 g/mol. The van der Waals surface area contributed by atoms with Gasteiger partial charge < -0.3 is 15.1 Å². The van der Waals surface area contributed by atoms with E-state index in [9.17, 15) is 8.42 Å². The summed E-state index contributed by atoms with van der Waals surface area (Å²) in [5, 5.41) is 3.45. The molecule has 0 aromatic rings. The van der Waals surface area contributed by atoms with E-state index in [1.807, 2.05) is 0 Å². The molecular formula is C17H34N4O2S. The van der Waals surface area contributed by atoms with Gasteiger partial charge in [-0.1, -0.05) is 13.3 Å². The number of aliphatic imine (C=N–C) groups is 1. The molecule has 2 heterocycles. The van der Waals surface area contributed by atoms with Crippen LogP contribution in [0.3, 0.4) is 0 Å². The molecule has 0 radical (unpaired) electrons. The van der Waals surface area contributed by atoms with Crippen LogP contribution in [-0.2, 0) is 9.84 Å². The standard InChI is InChI=1S/C17H34N4O2S/c1-15(13-20-8-6-5-7-9-20)12-19-16(18-4)21-10-11-24(22,23)17(2,3)14-21/h15H,5-14H2,1-4H3,(H,18,19). The van der Waals surface area contributed by atoms with Gasteiger partial charge in [0.2, 0.25) is 0 Å². The zero-order chi connectivity index (χ0) is 17.8. The quantitative estimate of drug-likeness (QED) is 0.604. The van der Waals surface area contributed by atoms with Crippen LogP contribution in [0.15, 0.2) is 4.99 Å². The normalized spacial score (nSPS) is 26.2. The van der Waals surface area contributed by atoms with Crippen molar-refractivity contribution in [3.05, 3.63) is 0 Å². The summed E-state index contributed by atoms with van der Waals surface area (Å²) in [6.07, 6.45) is 4.00. The molecule has 2 fully saturated rings. The van der Waals surface area contributed by atoms with Crippen LogP contribution in [0, 0.1) is 5.92 Å². The molecule has 140 valence electrons. The van der Waals surface area contributed by atoms with Gasteiger partial charge in [-0.05, 0) is 45.7 Å². The van der Waals surface area contributed by atoms with Gasteiger partial charge in [0, 0.05) is 33.2 Å².